The maximum absolute atomic E-state index is 5.35. The summed E-state index contributed by atoms with van der Waals surface area (Å²) in [6.45, 7) is 1.97. The van der Waals surface area contributed by atoms with E-state index in [2.05, 4.69) is 20.4 Å². The molecule has 0 aromatic carbocycles. The van der Waals surface area contributed by atoms with Gasteiger partial charge in [-0.05, 0) is 25.5 Å². The van der Waals surface area contributed by atoms with Crippen LogP contribution >= 0.6 is 0 Å². The van der Waals surface area contributed by atoms with Crippen LogP contribution in [-0.2, 0) is 0 Å². The number of hydrogen-bond donors (Lipinski definition) is 1. The van der Waals surface area contributed by atoms with Gasteiger partial charge in [0.15, 0.2) is 0 Å². The highest BCUT2D eigenvalue weighted by Gasteiger charge is 2.21. The minimum Gasteiger partial charge on any atom is -0.481 e. The van der Waals surface area contributed by atoms with Crippen molar-refractivity contribution in [2.45, 2.75) is 18.8 Å². The average molecular weight is 260 g/mol. The minimum atomic E-state index is 0.321. The average Bonchev–Trinajstić information content (AvgIpc) is 2.98. The number of rotatable bonds is 3. The lowest BCUT2D eigenvalue weighted by molar-refractivity contribution is 0.322. The molecule has 6 heteroatoms. The van der Waals surface area contributed by atoms with Gasteiger partial charge in [-0.1, -0.05) is 5.16 Å². The molecular weight excluding hydrogens is 244 g/mol. The third-order valence-electron chi connectivity index (χ3n) is 3.29. The number of nitrogens with zero attached hydrogens (tertiary/aromatic N) is 3. The fourth-order valence-electron chi connectivity index (χ4n) is 2.21. The van der Waals surface area contributed by atoms with Crippen molar-refractivity contribution in [3.63, 3.8) is 0 Å². The van der Waals surface area contributed by atoms with Crippen molar-refractivity contribution in [2.75, 3.05) is 20.2 Å². The van der Waals surface area contributed by atoms with Crippen LogP contribution in [0.25, 0.3) is 11.4 Å². The fraction of sp³-hybridized carbons (Fsp3) is 0.462. The first-order valence-corrected chi connectivity index (χ1v) is 6.41. The van der Waals surface area contributed by atoms with Crippen molar-refractivity contribution in [1.82, 2.24) is 20.4 Å². The van der Waals surface area contributed by atoms with Crippen molar-refractivity contribution in [3.05, 3.63) is 24.2 Å². The van der Waals surface area contributed by atoms with Crippen LogP contribution in [0.5, 0.6) is 5.88 Å². The predicted octanol–water partition coefficient (Wildman–Crippen LogP) is 1.61. The molecule has 3 heterocycles. The van der Waals surface area contributed by atoms with E-state index in [0.29, 0.717) is 23.5 Å². The van der Waals surface area contributed by atoms with E-state index in [-0.39, 0.29) is 0 Å². The summed E-state index contributed by atoms with van der Waals surface area (Å²) in [5.41, 5.74) is 0.833. The summed E-state index contributed by atoms with van der Waals surface area (Å²) in [4.78, 5) is 8.60. The molecule has 19 heavy (non-hydrogen) atoms. The Balaban J connectivity index is 1.79. The Bertz CT molecular complexity index is 532. The molecule has 1 N–H and O–H groups in total. The fourth-order valence-corrected chi connectivity index (χ4v) is 2.21. The molecule has 2 aromatic rings. The molecule has 6 nitrogen and oxygen atoms in total. The van der Waals surface area contributed by atoms with Gasteiger partial charge in [-0.2, -0.15) is 4.98 Å². The van der Waals surface area contributed by atoms with Gasteiger partial charge < -0.3 is 14.6 Å². The van der Waals surface area contributed by atoms with Crippen LogP contribution in [-0.4, -0.2) is 35.3 Å². The highest BCUT2D eigenvalue weighted by atomic mass is 16.5. The van der Waals surface area contributed by atoms with E-state index < -0.39 is 0 Å². The van der Waals surface area contributed by atoms with Crippen LogP contribution in [0.1, 0.15) is 24.7 Å². The summed E-state index contributed by atoms with van der Waals surface area (Å²) in [6, 6.07) is 3.66. The van der Waals surface area contributed by atoms with Crippen molar-refractivity contribution < 1.29 is 9.26 Å². The molecule has 100 valence electrons. The SMILES string of the molecule is COc1ccc(-c2noc(C3CCCNC3)n2)cn1. The van der Waals surface area contributed by atoms with Crippen molar-refractivity contribution in [2.24, 2.45) is 0 Å². The number of aromatic nitrogens is 3. The normalized spacial score (nSPS) is 19.3. The third kappa shape index (κ3) is 2.58. The Morgan fingerprint density at radius 1 is 1.42 bits per heavy atom. The summed E-state index contributed by atoms with van der Waals surface area (Å²) in [7, 11) is 1.59. The van der Waals surface area contributed by atoms with E-state index in [0.717, 1.165) is 31.5 Å². The van der Waals surface area contributed by atoms with E-state index in [4.69, 9.17) is 9.26 Å². The molecule has 1 aliphatic rings. The van der Waals surface area contributed by atoms with Crippen LogP contribution in [0, 0.1) is 0 Å². The summed E-state index contributed by atoms with van der Waals surface area (Å²) in [5, 5.41) is 7.36. The monoisotopic (exact) mass is 260 g/mol. The lowest BCUT2D eigenvalue weighted by Crippen LogP contribution is -2.28. The largest absolute Gasteiger partial charge is 0.481 e. The lowest BCUT2D eigenvalue weighted by atomic mass is 10.00. The molecule has 1 unspecified atom stereocenters. The van der Waals surface area contributed by atoms with Gasteiger partial charge in [0.25, 0.3) is 0 Å². The Morgan fingerprint density at radius 2 is 2.37 bits per heavy atom. The molecule has 0 amide bonds. The second-order valence-corrected chi connectivity index (χ2v) is 4.59. The van der Waals surface area contributed by atoms with E-state index in [1.807, 2.05) is 6.07 Å². The number of nitrogens with one attached hydrogen (secondary N) is 1. The van der Waals surface area contributed by atoms with E-state index in [9.17, 15) is 0 Å². The van der Waals surface area contributed by atoms with Crippen LogP contribution < -0.4 is 10.1 Å². The Labute approximate surface area is 111 Å². The lowest BCUT2D eigenvalue weighted by Gasteiger charge is -2.18. The van der Waals surface area contributed by atoms with Crippen molar-refractivity contribution >= 4 is 0 Å². The van der Waals surface area contributed by atoms with E-state index >= 15 is 0 Å². The van der Waals surface area contributed by atoms with Crippen LogP contribution in [0.15, 0.2) is 22.9 Å². The highest BCUT2D eigenvalue weighted by Crippen LogP contribution is 2.24. The summed E-state index contributed by atoms with van der Waals surface area (Å²) in [5.74, 6) is 2.18. The number of pyridine rings is 1. The number of piperidine rings is 1. The molecule has 1 aliphatic heterocycles. The Morgan fingerprint density at radius 3 is 3.05 bits per heavy atom. The van der Waals surface area contributed by atoms with Crippen molar-refractivity contribution in [3.8, 4) is 17.3 Å². The topological polar surface area (TPSA) is 73.1 Å². The van der Waals surface area contributed by atoms with Crippen LogP contribution in [0.2, 0.25) is 0 Å². The molecular formula is C13H16N4O2. The predicted molar refractivity (Wildman–Crippen MR) is 68.9 cm³/mol. The molecule has 0 radical (unpaired) electrons. The number of ether oxygens (including phenoxy) is 1. The smallest absolute Gasteiger partial charge is 0.231 e. The molecule has 0 aliphatic carbocycles. The molecule has 1 atom stereocenters. The quantitative estimate of drug-likeness (QED) is 0.903. The zero-order valence-corrected chi connectivity index (χ0v) is 10.8. The van der Waals surface area contributed by atoms with Crippen LogP contribution in [0.3, 0.4) is 0 Å². The number of methoxy groups -OCH3 is 1. The van der Waals surface area contributed by atoms with Gasteiger partial charge in [0.05, 0.1) is 13.0 Å². The maximum Gasteiger partial charge on any atom is 0.231 e. The van der Waals surface area contributed by atoms with E-state index in [1.54, 1.807) is 19.4 Å². The van der Waals surface area contributed by atoms with Gasteiger partial charge in [0.1, 0.15) is 0 Å². The minimum absolute atomic E-state index is 0.321. The third-order valence-corrected chi connectivity index (χ3v) is 3.29. The van der Waals surface area contributed by atoms with Gasteiger partial charge in [0, 0.05) is 24.4 Å². The Kier molecular flexibility index (Phi) is 3.41. The second kappa shape index (κ2) is 5.36. The summed E-state index contributed by atoms with van der Waals surface area (Å²) >= 11 is 0. The first kappa shape index (κ1) is 12.1. The first-order chi connectivity index (χ1) is 9.36. The first-order valence-electron chi connectivity index (χ1n) is 6.41. The number of hydrogen-bond acceptors (Lipinski definition) is 6. The summed E-state index contributed by atoms with van der Waals surface area (Å²) in [6.07, 6.45) is 3.93. The Hall–Kier alpha value is -1.95. The summed E-state index contributed by atoms with van der Waals surface area (Å²) < 4.78 is 10.4. The standard InChI is InChI=1S/C13H16N4O2/c1-18-11-5-4-9(8-15-11)12-16-13(19-17-12)10-3-2-6-14-7-10/h4-5,8,10,14H,2-3,6-7H2,1H3. The molecule has 2 aromatic heterocycles. The molecule has 0 saturated carbocycles. The molecule has 0 bridgehead atoms. The highest BCUT2D eigenvalue weighted by molar-refractivity contribution is 5.53. The molecule has 3 rings (SSSR count). The van der Waals surface area contributed by atoms with Gasteiger partial charge >= 0.3 is 0 Å². The maximum atomic E-state index is 5.35. The van der Waals surface area contributed by atoms with Crippen LogP contribution in [0.4, 0.5) is 0 Å². The molecule has 0 spiro atoms. The molecule has 1 fully saturated rings. The van der Waals surface area contributed by atoms with Gasteiger partial charge in [-0.25, -0.2) is 4.98 Å². The van der Waals surface area contributed by atoms with Crippen molar-refractivity contribution in [1.29, 1.82) is 0 Å². The zero-order valence-electron chi connectivity index (χ0n) is 10.8. The van der Waals surface area contributed by atoms with Gasteiger partial charge in [-0.15, -0.1) is 0 Å². The second-order valence-electron chi connectivity index (χ2n) is 4.59. The zero-order chi connectivity index (χ0) is 13.1. The molecule has 1 saturated heterocycles. The van der Waals surface area contributed by atoms with Gasteiger partial charge in [0.2, 0.25) is 17.6 Å². The van der Waals surface area contributed by atoms with Gasteiger partial charge in [-0.3, -0.25) is 0 Å². The van der Waals surface area contributed by atoms with E-state index in [1.165, 1.54) is 0 Å².